The summed E-state index contributed by atoms with van der Waals surface area (Å²) in [5, 5.41) is 2.93. The molecule has 0 spiro atoms. The van der Waals surface area contributed by atoms with E-state index in [0.717, 1.165) is 35.8 Å². The molecule has 6 heteroatoms. The Morgan fingerprint density at radius 2 is 1.92 bits per heavy atom. The molecule has 2 aromatic rings. The summed E-state index contributed by atoms with van der Waals surface area (Å²) in [6.07, 6.45) is 0.612. The number of hydrogen-bond donors (Lipinski definition) is 1. The number of carbonyl (C=O) groups is 1. The zero-order valence-electron chi connectivity index (χ0n) is 14.0. The molecule has 0 atom stereocenters. The van der Waals surface area contributed by atoms with Gasteiger partial charge in [-0.25, -0.2) is 0 Å². The van der Waals surface area contributed by atoms with Crippen LogP contribution in [-0.4, -0.2) is 39.0 Å². The summed E-state index contributed by atoms with van der Waals surface area (Å²) in [5.74, 6) is 1.36. The van der Waals surface area contributed by atoms with E-state index >= 15 is 0 Å². The minimum Gasteiger partial charge on any atom is -0.454 e. The average Bonchev–Trinajstić information content (AvgIpc) is 3.03. The molecule has 2 aromatic carbocycles. The van der Waals surface area contributed by atoms with Crippen LogP contribution in [0.5, 0.6) is 11.5 Å². The molecule has 2 aliphatic rings. The average molecular weight is 340 g/mol. The lowest BCUT2D eigenvalue weighted by molar-refractivity contribution is -0.115. The number of carbonyl (C=O) groups excluding carboxylic acids is 1. The fourth-order valence-electron chi connectivity index (χ4n) is 3.00. The smallest absolute Gasteiger partial charge is 0.231 e. The van der Waals surface area contributed by atoms with Crippen LogP contribution in [0.1, 0.15) is 5.56 Å². The summed E-state index contributed by atoms with van der Waals surface area (Å²) < 4.78 is 15.9. The van der Waals surface area contributed by atoms with E-state index in [4.69, 9.17) is 14.2 Å². The van der Waals surface area contributed by atoms with Crippen LogP contribution in [0.15, 0.2) is 42.5 Å². The lowest BCUT2D eigenvalue weighted by Gasteiger charge is -2.40. The molecule has 1 N–H and O–H groups in total. The number of nitrogens with one attached hydrogen (secondary N) is 1. The third kappa shape index (κ3) is 3.39. The second kappa shape index (κ2) is 6.64. The number of benzene rings is 2. The van der Waals surface area contributed by atoms with Crippen LogP contribution in [0.4, 0.5) is 11.4 Å². The Hall–Kier alpha value is -2.73. The fourth-order valence-corrected chi connectivity index (χ4v) is 3.00. The molecule has 0 aliphatic carbocycles. The van der Waals surface area contributed by atoms with E-state index < -0.39 is 0 Å². The third-order valence-electron chi connectivity index (χ3n) is 4.50. The van der Waals surface area contributed by atoms with Crippen molar-refractivity contribution in [3.05, 3.63) is 48.0 Å². The van der Waals surface area contributed by atoms with Gasteiger partial charge in [0, 0.05) is 31.6 Å². The lowest BCUT2D eigenvalue weighted by Crippen LogP contribution is -2.51. The molecule has 0 unspecified atom stereocenters. The van der Waals surface area contributed by atoms with Crippen LogP contribution in [0.2, 0.25) is 0 Å². The van der Waals surface area contributed by atoms with Gasteiger partial charge < -0.3 is 24.4 Å². The largest absolute Gasteiger partial charge is 0.454 e. The normalized spacial score (nSPS) is 15.8. The monoisotopic (exact) mass is 340 g/mol. The minimum atomic E-state index is -0.0602. The summed E-state index contributed by atoms with van der Waals surface area (Å²) in [4.78, 5) is 14.5. The summed E-state index contributed by atoms with van der Waals surface area (Å²) in [6, 6.07) is 13.4. The van der Waals surface area contributed by atoms with Gasteiger partial charge in [-0.15, -0.1) is 0 Å². The molecule has 6 nitrogen and oxygen atoms in total. The Bertz CT molecular complexity index is 769. The van der Waals surface area contributed by atoms with Gasteiger partial charge in [0.05, 0.1) is 12.5 Å². The zero-order chi connectivity index (χ0) is 17.2. The second-order valence-corrected chi connectivity index (χ2v) is 6.22. The molecular formula is C19H20N2O4. The maximum atomic E-state index is 12.2. The van der Waals surface area contributed by atoms with E-state index in [9.17, 15) is 4.79 Å². The number of amides is 1. The molecule has 2 heterocycles. The molecule has 0 bridgehead atoms. The van der Waals surface area contributed by atoms with Gasteiger partial charge in [0.1, 0.15) is 0 Å². The molecule has 2 aliphatic heterocycles. The lowest BCUT2D eigenvalue weighted by atomic mass is 10.1. The highest BCUT2D eigenvalue weighted by molar-refractivity contribution is 5.92. The maximum Gasteiger partial charge on any atom is 0.231 e. The van der Waals surface area contributed by atoms with E-state index in [1.807, 2.05) is 42.5 Å². The first-order chi connectivity index (χ1) is 12.2. The van der Waals surface area contributed by atoms with Gasteiger partial charge in [-0.1, -0.05) is 6.07 Å². The van der Waals surface area contributed by atoms with Gasteiger partial charge >= 0.3 is 0 Å². The maximum absolute atomic E-state index is 12.2. The molecule has 1 fully saturated rings. The molecule has 0 aromatic heterocycles. The van der Waals surface area contributed by atoms with Crippen molar-refractivity contribution in [2.75, 3.05) is 37.2 Å². The predicted molar refractivity (Wildman–Crippen MR) is 94.4 cm³/mol. The highest BCUT2D eigenvalue weighted by atomic mass is 16.7. The summed E-state index contributed by atoms with van der Waals surface area (Å²) in [5.41, 5.74) is 2.82. The van der Waals surface area contributed by atoms with Crippen molar-refractivity contribution in [2.45, 2.75) is 12.5 Å². The van der Waals surface area contributed by atoms with Gasteiger partial charge in [0.25, 0.3) is 0 Å². The predicted octanol–water partition coefficient (Wildman–Crippen LogP) is 2.43. The standard InChI is InChI=1S/C19H20N2O4/c1-23-16-10-21(11-16)15-5-3-14(4-6-15)20-19(22)9-13-2-7-17-18(8-13)25-12-24-17/h2-8,16H,9-12H2,1H3,(H,20,22). The van der Waals surface area contributed by atoms with E-state index in [1.54, 1.807) is 7.11 Å². The number of ether oxygens (including phenoxy) is 3. The third-order valence-corrected chi connectivity index (χ3v) is 4.50. The van der Waals surface area contributed by atoms with Crippen molar-refractivity contribution in [1.29, 1.82) is 0 Å². The van der Waals surface area contributed by atoms with Crippen LogP contribution in [0, 0.1) is 0 Å². The highest BCUT2D eigenvalue weighted by Crippen LogP contribution is 2.32. The van der Waals surface area contributed by atoms with E-state index in [2.05, 4.69) is 10.2 Å². The van der Waals surface area contributed by atoms with E-state index in [0.29, 0.717) is 18.3 Å². The molecule has 0 saturated carbocycles. The Labute approximate surface area is 146 Å². The highest BCUT2D eigenvalue weighted by Gasteiger charge is 2.26. The number of rotatable bonds is 5. The first-order valence-corrected chi connectivity index (χ1v) is 8.27. The number of fused-ring (bicyclic) bond motifs is 1. The number of hydrogen-bond acceptors (Lipinski definition) is 5. The van der Waals surface area contributed by atoms with Crippen molar-refractivity contribution < 1.29 is 19.0 Å². The Balaban J connectivity index is 1.33. The molecule has 4 rings (SSSR count). The SMILES string of the molecule is COC1CN(c2ccc(NC(=O)Cc3ccc4c(c3)OCO4)cc2)C1. The van der Waals surface area contributed by atoms with E-state index in [1.165, 1.54) is 0 Å². The topological polar surface area (TPSA) is 60.0 Å². The molecule has 1 saturated heterocycles. The minimum absolute atomic E-state index is 0.0602. The molecule has 0 radical (unpaired) electrons. The first-order valence-electron chi connectivity index (χ1n) is 8.27. The van der Waals surface area contributed by atoms with Crippen LogP contribution in [0.3, 0.4) is 0 Å². The van der Waals surface area contributed by atoms with Crippen LogP contribution in [0.25, 0.3) is 0 Å². The van der Waals surface area contributed by atoms with Crippen molar-refractivity contribution in [2.24, 2.45) is 0 Å². The Kier molecular flexibility index (Phi) is 4.19. The fraction of sp³-hybridized carbons (Fsp3) is 0.316. The first kappa shape index (κ1) is 15.8. The second-order valence-electron chi connectivity index (χ2n) is 6.22. The van der Waals surface area contributed by atoms with Crippen molar-refractivity contribution in [3.63, 3.8) is 0 Å². The number of anilines is 2. The quantitative estimate of drug-likeness (QED) is 0.906. The zero-order valence-corrected chi connectivity index (χ0v) is 14.0. The molecule has 130 valence electrons. The molecule has 25 heavy (non-hydrogen) atoms. The summed E-state index contributed by atoms with van der Waals surface area (Å²) in [7, 11) is 1.74. The number of methoxy groups -OCH3 is 1. The van der Waals surface area contributed by atoms with Crippen molar-refractivity contribution >= 4 is 17.3 Å². The Morgan fingerprint density at radius 1 is 1.16 bits per heavy atom. The number of nitrogens with zero attached hydrogens (tertiary/aromatic N) is 1. The van der Waals surface area contributed by atoms with Crippen LogP contribution < -0.4 is 19.7 Å². The van der Waals surface area contributed by atoms with Gasteiger partial charge in [0.2, 0.25) is 12.7 Å². The van der Waals surface area contributed by atoms with Gasteiger partial charge in [0.15, 0.2) is 11.5 Å². The molecule has 1 amide bonds. The summed E-state index contributed by atoms with van der Waals surface area (Å²) in [6.45, 7) is 2.05. The Morgan fingerprint density at radius 3 is 2.68 bits per heavy atom. The summed E-state index contributed by atoms with van der Waals surface area (Å²) >= 11 is 0. The van der Waals surface area contributed by atoms with Gasteiger partial charge in [-0.05, 0) is 42.0 Å². The van der Waals surface area contributed by atoms with Gasteiger partial charge in [-0.2, -0.15) is 0 Å². The van der Waals surface area contributed by atoms with Crippen molar-refractivity contribution in [3.8, 4) is 11.5 Å². The van der Waals surface area contributed by atoms with Gasteiger partial charge in [-0.3, -0.25) is 4.79 Å². The molecular weight excluding hydrogens is 320 g/mol. The van der Waals surface area contributed by atoms with Crippen molar-refractivity contribution in [1.82, 2.24) is 0 Å². The van der Waals surface area contributed by atoms with Crippen LogP contribution >= 0.6 is 0 Å². The van der Waals surface area contributed by atoms with E-state index in [-0.39, 0.29) is 12.7 Å². The van der Waals surface area contributed by atoms with Crippen LogP contribution in [-0.2, 0) is 16.0 Å².